The van der Waals surface area contributed by atoms with Crippen molar-refractivity contribution in [3.63, 3.8) is 0 Å². The molecule has 1 atom stereocenters. The van der Waals surface area contributed by atoms with Crippen LogP contribution in [-0.4, -0.2) is 0 Å². The first-order valence-corrected chi connectivity index (χ1v) is 10.4. The zero-order valence-electron chi connectivity index (χ0n) is 14.0. The molecule has 0 radical (unpaired) electrons. The fourth-order valence-corrected chi connectivity index (χ4v) is 5.13. The Kier molecular flexibility index (Phi) is 5.76. The molecule has 26 heavy (non-hydrogen) atoms. The van der Waals surface area contributed by atoms with Gasteiger partial charge in [-0.2, -0.15) is 0 Å². The van der Waals surface area contributed by atoms with E-state index >= 15 is 0 Å². The molecule has 0 N–H and O–H groups in total. The van der Waals surface area contributed by atoms with E-state index in [1.54, 1.807) is 0 Å². The van der Waals surface area contributed by atoms with Gasteiger partial charge in [0, 0.05) is 0 Å². The molecule has 0 bridgehead atoms. The molecule has 1 aliphatic heterocycles. The van der Waals surface area contributed by atoms with Crippen LogP contribution in [0.2, 0.25) is 0 Å². The molecule has 1 unspecified atom stereocenters. The van der Waals surface area contributed by atoms with Crippen LogP contribution in [0.25, 0.3) is 17.2 Å². The van der Waals surface area contributed by atoms with Crippen LogP contribution in [0.15, 0.2) is 72.8 Å². The SMILES string of the molecule is [Cl-].[Cl-].[Hf+2][CH]1C=Cc2c1cccc2N1Cc2ccccc2-c2ccccc21. The summed E-state index contributed by atoms with van der Waals surface area (Å²) >= 11 is 1.17. The predicted molar refractivity (Wildman–Crippen MR) is 95.9 cm³/mol. The predicted octanol–water partition coefficient (Wildman–Crippen LogP) is -0.372. The molecule has 3 aromatic rings. The number of nitrogens with zero attached hydrogens (tertiary/aromatic N) is 1. The summed E-state index contributed by atoms with van der Waals surface area (Å²) < 4.78 is 0.646. The van der Waals surface area contributed by atoms with Gasteiger partial charge in [-0.1, -0.05) is 0 Å². The molecule has 0 saturated heterocycles. The van der Waals surface area contributed by atoms with Crippen LogP contribution in [0.4, 0.5) is 11.4 Å². The standard InChI is InChI=1S/C22H16N.2ClH.Hf/c1-2-10-18-17(7-1)15-23(22-13-4-3-11-20(18)22)21-14-6-9-16-8-5-12-19(16)21;;;/h1-14H,15H2;2*1H;/q;;;+2/p-2. The van der Waals surface area contributed by atoms with Gasteiger partial charge in [0.15, 0.2) is 0 Å². The van der Waals surface area contributed by atoms with E-state index in [0.717, 1.165) is 6.54 Å². The Bertz CT molecular complexity index is 983. The van der Waals surface area contributed by atoms with E-state index < -0.39 is 0 Å². The maximum absolute atomic E-state index is 2.49. The van der Waals surface area contributed by atoms with E-state index in [-0.39, 0.29) is 24.8 Å². The Balaban J connectivity index is 0.000000980. The van der Waals surface area contributed by atoms with Crippen molar-refractivity contribution in [1.29, 1.82) is 0 Å². The minimum absolute atomic E-state index is 0. The molecule has 1 aliphatic carbocycles. The van der Waals surface area contributed by atoms with Gasteiger partial charge in [-0.3, -0.25) is 0 Å². The summed E-state index contributed by atoms with van der Waals surface area (Å²) in [5.41, 5.74) is 9.66. The third-order valence-electron chi connectivity index (χ3n) is 5.03. The summed E-state index contributed by atoms with van der Waals surface area (Å²) in [4.78, 5) is 2.49. The second-order valence-corrected chi connectivity index (χ2v) is 8.61. The molecule has 3 aromatic carbocycles. The Morgan fingerprint density at radius 3 is 2.31 bits per heavy atom. The molecule has 0 fully saturated rings. The Hall–Kier alpha value is -1.35. The van der Waals surface area contributed by atoms with E-state index in [0.29, 0.717) is 3.67 Å². The van der Waals surface area contributed by atoms with E-state index in [9.17, 15) is 0 Å². The van der Waals surface area contributed by atoms with Crippen LogP contribution in [0.5, 0.6) is 0 Å². The summed E-state index contributed by atoms with van der Waals surface area (Å²) in [6.45, 7) is 0.934. The molecule has 127 valence electrons. The van der Waals surface area contributed by atoms with Crippen molar-refractivity contribution in [1.82, 2.24) is 0 Å². The summed E-state index contributed by atoms with van der Waals surface area (Å²) in [6, 6.07) is 24.4. The summed E-state index contributed by atoms with van der Waals surface area (Å²) in [5.74, 6) is 0. The quantitative estimate of drug-likeness (QED) is 0.379. The van der Waals surface area contributed by atoms with E-state index in [2.05, 4.69) is 83.8 Å². The van der Waals surface area contributed by atoms with E-state index in [1.807, 2.05) is 0 Å². The molecule has 0 aromatic heterocycles. The van der Waals surface area contributed by atoms with Crippen molar-refractivity contribution >= 4 is 17.5 Å². The zero-order valence-corrected chi connectivity index (χ0v) is 19.1. The molecular formula is C22H16Cl2HfN. The number of hydrogen-bond acceptors (Lipinski definition) is 1. The van der Waals surface area contributed by atoms with Crippen molar-refractivity contribution in [2.24, 2.45) is 0 Å². The molecule has 2 aliphatic rings. The van der Waals surface area contributed by atoms with Crippen LogP contribution in [0.1, 0.15) is 20.4 Å². The number of para-hydroxylation sites is 1. The second kappa shape index (κ2) is 7.72. The first kappa shape index (κ1) is 19.4. The van der Waals surface area contributed by atoms with Gasteiger partial charge in [0.2, 0.25) is 0 Å². The van der Waals surface area contributed by atoms with Gasteiger partial charge in [0.1, 0.15) is 0 Å². The third-order valence-corrected chi connectivity index (χ3v) is 6.84. The van der Waals surface area contributed by atoms with Crippen molar-refractivity contribution in [2.45, 2.75) is 10.2 Å². The first-order valence-electron chi connectivity index (χ1n) is 8.30. The number of rotatable bonds is 1. The fourth-order valence-electron chi connectivity index (χ4n) is 3.88. The van der Waals surface area contributed by atoms with Gasteiger partial charge in [-0.25, -0.2) is 0 Å². The third kappa shape index (κ3) is 2.98. The van der Waals surface area contributed by atoms with Crippen LogP contribution in [0.3, 0.4) is 0 Å². The van der Waals surface area contributed by atoms with E-state index in [4.69, 9.17) is 0 Å². The molecule has 0 saturated carbocycles. The van der Waals surface area contributed by atoms with Crippen LogP contribution in [-0.2, 0) is 30.9 Å². The molecule has 1 nitrogen and oxygen atoms in total. The number of anilines is 2. The average Bonchev–Trinajstić information content (AvgIpc) is 3.02. The summed E-state index contributed by atoms with van der Waals surface area (Å²) in [7, 11) is 0. The molecule has 5 rings (SSSR count). The van der Waals surface area contributed by atoms with E-state index in [1.165, 1.54) is 63.6 Å². The van der Waals surface area contributed by atoms with Gasteiger partial charge in [-0.15, -0.1) is 0 Å². The molecule has 0 amide bonds. The number of benzene rings is 3. The van der Waals surface area contributed by atoms with Crippen molar-refractivity contribution in [3.8, 4) is 11.1 Å². The van der Waals surface area contributed by atoms with Gasteiger partial charge in [-0.05, 0) is 0 Å². The van der Waals surface area contributed by atoms with Gasteiger partial charge < -0.3 is 24.8 Å². The number of allylic oxidation sites excluding steroid dienone is 1. The normalized spacial score (nSPS) is 16.1. The van der Waals surface area contributed by atoms with Crippen molar-refractivity contribution in [2.75, 3.05) is 4.90 Å². The molecule has 4 heteroatoms. The first-order chi connectivity index (χ1) is 11.8. The van der Waals surface area contributed by atoms with Crippen LogP contribution < -0.4 is 29.7 Å². The molecule has 0 spiro atoms. The number of hydrogen-bond donors (Lipinski definition) is 0. The average molecular weight is 544 g/mol. The maximum atomic E-state index is 2.49. The van der Waals surface area contributed by atoms with Crippen LogP contribution >= 0.6 is 0 Å². The van der Waals surface area contributed by atoms with Gasteiger partial charge >= 0.3 is 158 Å². The van der Waals surface area contributed by atoms with Crippen LogP contribution in [0, 0.1) is 0 Å². The number of fused-ring (bicyclic) bond motifs is 4. The second-order valence-electron chi connectivity index (χ2n) is 6.38. The Labute approximate surface area is 181 Å². The summed E-state index contributed by atoms with van der Waals surface area (Å²) in [5, 5.41) is 0. The summed E-state index contributed by atoms with van der Waals surface area (Å²) in [6.07, 6.45) is 4.69. The Morgan fingerprint density at radius 1 is 0.769 bits per heavy atom. The fraction of sp³-hybridized carbons (Fsp3) is 0.0909. The topological polar surface area (TPSA) is 3.24 Å². The van der Waals surface area contributed by atoms with Crippen molar-refractivity contribution in [3.05, 3.63) is 89.5 Å². The molecular weight excluding hydrogens is 528 g/mol. The van der Waals surface area contributed by atoms with Gasteiger partial charge in [0.05, 0.1) is 0 Å². The van der Waals surface area contributed by atoms with Crippen molar-refractivity contribution < 1.29 is 49.2 Å². The molecule has 1 heterocycles. The Morgan fingerprint density at radius 2 is 1.46 bits per heavy atom. The zero-order chi connectivity index (χ0) is 16.1. The number of halogens is 2. The van der Waals surface area contributed by atoms with Gasteiger partial charge in [0.25, 0.3) is 0 Å². The minimum atomic E-state index is 0. The monoisotopic (exact) mass is 544 g/mol.